The molecule has 4 nitrogen and oxygen atoms in total. The molecule has 2 N–H and O–H groups in total. The number of hydrogen-bond donors (Lipinski definition) is 2. The van der Waals surface area contributed by atoms with Crippen LogP contribution in [0.2, 0.25) is 0 Å². The van der Waals surface area contributed by atoms with E-state index in [0.29, 0.717) is 5.69 Å². The maximum Gasteiger partial charge on any atom is 0.432 e. The normalized spacial score (nSPS) is 14.8. The predicted molar refractivity (Wildman–Crippen MR) is 58.0 cm³/mol. The number of halogens is 3. The van der Waals surface area contributed by atoms with E-state index in [0.717, 1.165) is 19.2 Å². The smallest absolute Gasteiger partial charge is 0.432 e. The zero-order chi connectivity index (χ0) is 14.0. The summed E-state index contributed by atoms with van der Waals surface area (Å²) in [6.45, 7) is 0. The van der Waals surface area contributed by atoms with E-state index < -0.39 is 23.3 Å². The van der Waals surface area contributed by atoms with Gasteiger partial charge in [-0.3, -0.25) is 0 Å². The Morgan fingerprint density at radius 1 is 1.28 bits per heavy atom. The Labute approximate surface area is 101 Å². The van der Waals surface area contributed by atoms with Crippen LogP contribution in [0.4, 0.5) is 18.9 Å². The van der Waals surface area contributed by atoms with Crippen molar-refractivity contribution in [1.82, 2.24) is 0 Å². The summed E-state index contributed by atoms with van der Waals surface area (Å²) in [7, 11) is 2.37. The molecule has 0 fully saturated rings. The monoisotopic (exact) mass is 263 g/mol. The molecule has 0 aromatic heterocycles. The molecular formula is C11H12F3NO3. The molecule has 18 heavy (non-hydrogen) atoms. The van der Waals surface area contributed by atoms with E-state index in [9.17, 15) is 23.1 Å². The van der Waals surface area contributed by atoms with Crippen molar-refractivity contribution in [3.8, 4) is 0 Å². The highest BCUT2D eigenvalue weighted by atomic mass is 19.4. The number of carbonyl (C=O) groups excluding carboxylic acids is 1. The number of nitrogens with one attached hydrogen (secondary N) is 1. The fourth-order valence-corrected chi connectivity index (χ4v) is 1.42. The molecule has 0 heterocycles. The molecule has 0 unspecified atom stereocenters. The lowest BCUT2D eigenvalue weighted by molar-refractivity contribution is -0.266. The summed E-state index contributed by atoms with van der Waals surface area (Å²) in [6, 6.07) is 4.65. The Morgan fingerprint density at radius 3 is 2.11 bits per heavy atom. The summed E-state index contributed by atoms with van der Waals surface area (Å²) < 4.78 is 42.6. The van der Waals surface area contributed by atoms with Gasteiger partial charge in [0.25, 0.3) is 5.60 Å². The number of methoxy groups -OCH3 is 1. The zero-order valence-electron chi connectivity index (χ0n) is 9.71. The van der Waals surface area contributed by atoms with E-state index in [1.54, 1.807) is 7.05 Å². The molecule has 0 radical (unpaired) electrons. The lowest BCUT2D eigenvalue weighted by Gasteiger charge is -2.28. The van der Waals surface area contributed by atoms with Crippen LogP contribution in [0.25, 0.3) is 0 Å². The van der Waals surface area contributed by atoms with Crippen molar-refractivity contribution in [2.75, 3.05) is 19.5 Å². The van der Waals surface area contributed by atoms with Gasteiger partial charge < -0.3 is 15.2 Å². The number of ether oxygens (including phenoxy) is 1. The van der Waals surface area contributed by atoms with Gasteiger partial charge >= 0.3 is 12.1 Å². The second kappa shape index (κ2) is 4.85. The fourth-order valence-electron chi connectivity index (χ4n) is 1.42. The molecule has 0 saturated carbocycles. The number of rotatable bonds is 3. The maximum atomic E-state index is 12.8. The number of carbonyl (C=O) groups is 1. The van der Waals surface area contributed by atoms with Crippen molar-refractivity contribution in [2.24, 2.45) is 0 Å². The first-order chi connectivity index (χ1) is 8.27. The first-order valence-electron chi connectivity index (χ1n) is 4.93. The number of aliphatic hydroxyl groups is 1. The van der Waals surface area contributed by atoms with E-state index >= 15 is 0 Å². The highest BCUT2D eigenvalue weighted by molar-refractivity contribution is 5.82. The van der Waals surface area contributed by atoms with Gasteiger partial charge in [-0.1, -0.05) is 12.1 Å². The number of esters is 1. The Kier molecular flexibility index (Phi) is 3.85. The van der Waals surface area contributed by atoms with Crippen LogP contribution in [-0.2, 0) is 15.1 Å². The third-order valence-corrected chi connectivity index (χ3v) is 2.48. The number of benzene rings is 1. The first-order valence-corrected chi connectivity index (χ1v) is 4.93. The van der Waals surface area contributed by atoms with E-state index in [1.165, 1.54) is 12.1 Å². The third-order valence-electron chi connectivity index (χ3n) is 2.48. The maximum absolute atomic E-state index is 12.8. The van der Waals surface area contributed by atoms with Crippen LogP contribution in [-0.4, -0.2) is 31.4 Å². The molecule has 0 bridgehead atoms. The van der Waals surface area contributed by atoms with Crippen molar-refractivity contribution >= 4 is 11.7 Å². The van der Waals surface area contributed by atoms with E-state index in [2.05, 4.69) is 10.1 Å². The standard InChI is InChI=1S/C11H12F3NO3/c1-15-8-5-3-7(4-6-8)10(17,9(16)18-2)11(12,13)14/h3-6,15,17H,1-2H3/t10-/m0/s1. The Morgan fingerprint density at radius 2 is 1.78 bits per heavy atom. The van der Waals surface area contributed by atoms with E-state index in [4.69, 9.17) is 0 Å². The topological polar surface area (TPSA) is 58.6 Å². The molecular weight excluding hydrogens is 251 g/mol. The van der Waals surface area contributed by atoms with Gasteiger partial charge in [0.05, 0.1) is 7.11 Å². The molecule has 100 valence electrons. The first kappa shape index (κ1) is 14.3. The van der Waals surface area contributed by atoms with Gasteiger partial charge in [-0.2, -0.15) is 13.2 Å². The van der Waals surface area contributed by atoms with Crippen molar-refractivity contribution in [3.05, 3.63) is 29.8 Å². The summed E-state index contributed by atoms with van der Waals surface area (Å²) in [5, 5.41) is 12.3. The molecule has 0 aliphatic rings. The summed E-state index contributed by atoms with van der Waals surface area (Å²) in [4.78, 5) is 11.2. The fraction of sp³-hybridized carbons (Fsp3) is 0.364. The summed E-state index contributed by atoms with van der Waals surface area (Å²) in [5.74, 6) is -1.77. The molecule has 0 spiro atoms. The average Bonchev–Trinajstić information content (AvgIpc) is 2.35. The zero-order valence-corrected chi connectivity index (χ0v) is 9.71. The Bertz CT molecular complexity index is 430. The largest absolute Gasteiger partial charge is 0.466 e. The van der Waals surface area contributed by atoms with Crippen molar-refractivity contribution in [3.63, 3.8) is 0 Å². The van der Waals surface area contributed by atoms with Gasteiger partial charge in [0, 0.05) is 18.3 Å². The molecule has 1 rings (SSSR count). The molecule has 1 aromatic carbocycles. The summed E-state index contributed by atoms with van der Waals surface area (Å²) in [5.41, 5.74) is -3.71. The highest BCUT2D eigenvalue weighted by Crippen LogP contribution is 2.40. The van der Waals surface area contributed by atoms with Gasteiger partial charge in [0.1, 0.15) is 0 Å². The van der Waals surface area contributed by atoms with Gasteiger partial charge in [-0.25, -0.2) is 4.79 Å². The Hall–Kier alpha value is -1.76. The third kappa shape index (κ3) is 2.26. The molecule has 0 aliphatic carbocycles. The van der Waals surface area contributed by atoms with Crippen LogP contribution in [0.5, 0.6) is 0 Å². The molecule has 1 aromatic rings. The minimum Gasteiger partial charge on any atom is -0.466 e. The van der Waals surface area contributed by atoms with Crippen molar-refractivity contribution < 1.29 is 27.8 Å². The average molecular weight is 263 g/mol. The molecule has 0 amide bonds. The molecule has 1 atom stereocenters. The van der Waals surface area contributed by atoms with Gasteiger partial charge in [-0.15, -0.1) is 0 Å². The van der Waals surface area contributed by atoms with Crippen molar-refractivity contribution in [2.45, 2.75) is 11.8 Å². The van der Waals surface area contributed by atoms with Crippen LogP contribution in [0, 0.1) is 0 Å². The lowest BCUT2D eigenvalue weighted by atomic mass is 9.93. The quantitative estimate of drug-likeness (QED) is 0.814. The van der Waals surface area contributed by atoms with Crippen LogP contribution in [0.3, 0.4) is 0 Å². The van der Waals surface area contributed by atoms with Crippen LogP contribution >= 0.6 is 0 Å². The van der Waals surface area contributed by atoms with Gasteiger partial charge in [0.15, 0.2) is 0 Å². The summed E-state index contributed by atoms with van der Waals surface area (Å²) in [6.07, 6.45) is -5.17. The van der Waals surface area contributed by atoms with Crippen molar-refractivity contribution in [1.29, 1.82) is 0 Å². The molecule has 0 saturated heterocycles. The predicted octanol–water partition coefficient (Wildman–Crippen LogP) is 1.65. The van der Waals surface area contributed by atoms with E-state index in [1.807, 2.05) is 0 Å². The number of anilines is 1. The van der Waals surface area contributed by atoms with Gasteiger partial charge in [-0.05, 0) is 12.1 Å². The number of hydrogen-bond acceptors (Lipinski definition) is 4. The SMILES string of the molecule is CNc1ccc([C@](O)(C(=O)OC)C(F)(F)F)cc1. The minimum atomic E-state index is -5.17. The van der Waals surface area contributed by atoms with Gasteiger partial charge in [0.2, 0.25) is 0 Å². The molecule has 7 heteroatoms. The van der Waals surface area contributed by atoms with Crippen LogP contribution in [0.15, 0.2) is 24.3 Å². The Balaban J connectivity index is 3.30. The van der Waals surface area contributed by atoms with E-state index in [-0.39, 0.29) is 0 Å². The second-order valence-corrected chi connectivity index (χ2v) is 3.53. The van der Waals surface area contributed by atoms with Crippen LogP contribution < -0.4 is 5.32 Å². The summed E-state index contributed by atoms with van der Waals surface area (Å²) >= 11 is 0. The lowest BCUT2D eigenvalue weighted by Crippen LogP contribution is -2.49. The second-order valence-electron chi connectivity index (χ2n) is 3.53. The minimum absolute atomic E-state index is 0.549. The van der Waals surface area contributed by atoms with Crippen LogP contribution in [0.1, 0.15) is 5.56 Å². The highest BCUT2D eigenvalue weighted by Gasteiger charge is 2.61. The number of alkyl halides is 3. The molecule has 0 aliphatic heterocycles.